The van der Waals surface area contributed by atoms with Gasteiger partial charge in [0.15, 0.2) is 0 Å². The van der Waals surface area contributed by atoms with Gasteiger partial charge in [-0.3, -0.25) is 24.2 Å². The first kappa shape index (κ1) is 34.4. The van der Waals surface area contributed by atoms with Gasteiger partial charge >= 0.3 is 11.9 Å². The molecule has 0 bridgehead atoms. The van der Waals surface area contributed by atoms with Crippen molar-refractivity contribution >= 4 is 49.9 Å². The maximum absolute atomic E-state index is 12.8. The van der Waals surface area contributed by atoms with Crippen LogP contribution in [0.1, 0.15) is 12.8 Å². The minimum absolute atomic E-state index is 0.0237. The fourth-order valence-electron chi connectivity index (χ4n) is 4.94. The van der Waals surface area contributed by atoms with E-state index in [1.54, 1.807) is 30.5 Å². The molecule has 1 aliphatic rings. The van der Waals surface area contributed by atoms with E-state index in [1.807, 2.05) is 23.9 Å². The van der Waals surface area contributed by atoms with E-state index in [9.17, 15) is 33.0 Å². The number of carbonyl (C=O) groups is 3. The molecule has 0 saturated carbocycles. The molecule has 0 radical (unpaired) electrons. The zero-order valence-corrected chi connectivity index (χ0v) is 26.8. The minimum atomic E-state index is -3.92. The number of imidazole rings is 1. The number of likely N-dealkylation sites (N-methyl/N-ethyl adjacent to an activating group) is 2. The van der Waals surface area contributed by atoms with E-state index in [4.69, 9.17) is 5.14 Å². The van der Waals surface area contributed by atoms with Crippen LogP contribution in [0.15, 0.2) is 34.8 Å². The van der Waals surface area contributed by atoms with Gasteiger partial charge in [-0.05, 0) is 32.6 Å². The molecule has 2 aromatic heterocycles. The third kappa shape index (κ3) is 9.98. The van der Waals surface area contributed by atoms with Crippen molar-refractivity contribution in [1.29, 1.82) is 0 Å². The summed E-state index contributed by atoms with van der Waals surface area (Å²) in [5, 5.41) is 31.4. The summed E-state index contributed by atoms with van der Waals surface area (Å²) in [6, 6.07) is 5.97. The molecule has 1 aliphatic heterocycles. The number of nitrogens with zero attached hydrogens (tertiary/aromatic N) is 7. The van der Waals surface area contributed by atoms with Crippen molar-refractivity contribution in [3.63, 3.8) is 0 Å². The van der Waals surface area contributed by atoms with Gasteiger partial charge in [0.05, 0.1) is 18.4 Å². The number of hydrogen-bond acceptors (Lipinski definition) is 12. The van der Waals surface area contributed by atoms with Crippen LogP contribution in [0, 0.1) is 0 Å². The van der Waals surface area contributed by atoms with Gasteiger partial charge in [0, 0.05) is 70.0 Å². The number of anilines is 1. The number of hydrogen-bond donors (Lipinski definition) is 4. The van der Waals surface area contributed by atoms with Crippen LogP contribution in [0.5, 0.6) is 0 Å². The Morgan fingerprint density at radius 2 is 1.58 bits per heavy atom. The molecular formula is C27H39N9O7S2. The summed E-state index contributed by atoms with van der Waals surface area (Å²) in [6.07, 6.45) is 1.64. The van der Waals surface area contributed by atoms with Crippen LogP contribution >= 0.6 is 11.3 Å². The fraction of sp³-hybridized carbons (Fsp3) is 0.519. The maximum atomic E-state index is 12.8. The number of aromatic nitrogens is 3. The molecule has 45 heavy (non-hydrogen) atoms. The lowest BCUT2D eigenvalue weighted by Gasteiger charge is -2.34. The van der Waals surface area contributed by atoms with Crippen molar-refractivity contribution in [1.82, 2.24) is 34.2 Å². The molecule has 18 heteroatoms. The first-order valence-corrected chi connectivity index (χ1v) is 16.7. The van der Waals surface area contributed by atoms with Crippen LogP contribution in [0.25, 0.3) is 16.2 Å². The van der Waals surface area contributed by atoms with Crippen molar-refractivity contribution < 1.29 is 33.0 Å². The number of amides is 1. The molecule has 1 aromatic carbocycles. The summed E-state index contributed by atoms with van der Waals surface area (Å²) in [7, 11) is 0.0627. The molecule has 4 rings (SSSR count). The zero-order chi connectivity index (χ0) is 32.7. The number of nitrogens with one attached hydrogen (secondary N) is 1. The third-order valence-electron chi connectivity index (χ3n) is 7.60. The Morgan fingerprint density at radius 3 is 2.18 bits per heavy atom. The van der Waals surface area contributed by atoms with Gasteiger partial charge < -0.3 is 25.3 Å². The molecule has 1 atom stereocenters. The highest BCUT2D eigenvalue weighted by molar-refractivity contribution is 7.91. The van der Waals surface area contributed by atoms with E-state index >= 15 is 0 Å². The molecule has 1 fully saturated rings. The quantitative estimate of drug-likeness (QED) is 0.222. The van der Waals surface area contributed by atoms with Gasteiger partial charge in [-0.25, -0.2) is 23.1 Å². The molecule has 5 N–H and O–H groups in total. The van der Waals surface area contributed by atoms with Crippen LogP contribution in [0.2, 0.25) is 0 Å². The van der Waals surface area contributed by atoms with Gasteiger partial charge in [-0.1, -0.05) is 23.5 Å². The summed E-state index contributed by atoms with van der Waals surface area (Å²) in [5.74, 6) is -2.30. The summed E-state index contributed by atoms with van der Waals surface area (Å²) in [4.78, 5) is 49.3. The highest BCUT2D eigenvalue weighted by atomic mass is 32.2. The molecule has 246 valence electrons. The van der Waals surface area contributed by atoms with Crippen molar-refractivity contribution in [2.75, 3.05) is 78.3 Å². The van der Waals surface area contributed by atoms with Crippen molar-refractivity contribution in [3.8, 4) is 11.3 Å². The first-order valence-electron chi connectivity index (χ1n) is 14.4. The Morgan fingerprint density at radius 1 is 0.978 bits per heavy atom. The van der Waals surface area contributed by atoms with Crippen molar-refractivity contribution in [3.05, 3.63) is 30.5 Å². The van der Waals surface area contributed by atoms with E-state index in [1.165, 1.54) is 4.52 Å². The number of aliphatic carboxylic acids is 2. The fourth-order valence-corrected chi connectivity index (χ4v) is 6.45. The number of primary sulfonamides is 1. The number of nitrogens with two attached hydrogens (primary N) is 1. The number of carboxylic acids is 2. The summed E-state index contributed by atoms with van der Waals surface area (Å²) in [6.45, 7) is 4.56. The zero-order valence-electron chi connectivity index (χ0n) is 25.2. The summed E-state index contributed by atoms with van der Waals surface area (Å²) in [5.41, 5.74) is 1.80. The van der Waals surface area contributed by atoms with Crippen molar-refractivity contribution in [2.45, 2.75) is 23.2 Å². The summed E-state index contributed by atoms with van der Waals surface area (Å²) < 4.78 is 24.1. The van der Waals surface area contributed by atoms with Crippen LogP contribution in [0.4, 0.5) is 5.69 Å². The number of carboxylic acid groups (broad SMARTS) is 2. The predicted octanol–water partition coefficient (Wildman–Crippen LogP) is -0.157. The van der Waals surface area contributed by atoms with E-state index < -0.39 is 28.0 Å². The second-order valence-corrected chi connectivity index (χ2v) is 13.8. The number of fused-ring (bicyclic) bond motifs is 1. The lowest BCUT2D eigenvalue weighted by atomic mass is 10.1. The molecule has 0 aliphatic carbocycles. The Balaban J connectivity index is 1.37. The normalized spacial score (nSPS) is 17.8. The lowest BCUT2D eigenvalue weighted by Crippen LogP contribution is -2.50. The van der Waals surface area contributed by atoms with E-state index in [0.29, 0.717) is 55.6 Å². The maximum Gasteiger partial charge on any atom is 0.320 e. The molecular weight excluding hydrogens is 626 g/mol. The predicted molar refractivity (Wildman–Crippen MR) is 168 cm³/mol. The highest BCUT2D eigenvalue weighted by Gasteiger charge is 2.27. The van der Waals surface area contributed by atoms with Crippen LogP contribution in [0.3, 0.4) is 0 Å². The number of carbonyl (C=O) groups excluding carboxylic acids is 1. The monoisotopic (exact) mass is 665 g/mol. The Labute approximate surface area is 265 Å². The van der Waals surface area contributed by atoms with Crippen LogP contribution in [-0.4, -0.2) is 150 Å². The Bertz CT molecular complexity index is 1560. The molecule has 0 spiro atoms. The topological polar surface area (TPSA) is 207 Å². The highest BCUT2D eigenvalue weighted by Crippen LogP contribution is 2.25. The SMILES string of the molecule is CN1CCN(C)CCN(C(CCC(=O)Nc2ccc(-c3cn4nc(S(N)(=O)=O)sc4n3)cc2)C(=O)O)CCN(CC(=O)O)CC1. The molecule has 1 unspecified atom stereocenters. The van der Waals surface area contributed by atoms with Gasteiger partial charge in [-0.15, -0.1) is 5.10 Å². The van der Waals surface area contributed by atoms with E-state index in [-0.39, 0.29) is 29.6 Å². The minimum Gasteiger partial charge on any atom is -0.480 e. The van der Waals surface area contributed by atoms with E-state index in [2.05, 4.69) is 25.2 Å². The van der Waals surface area contributed by atoms with Gasteiger partial charge in [0.1, 0.15) is 6.04 Å². The van der Waals surface area contributed by atoms with Crippen LogP contribution in [-0.2, 0) is 24.4 Å². The van der Waals surface area contributed by atoms with Crippen molar-refractivity contribution in [2.24, 2.45) is 5.14 Å². The van der Waals surface area contributed by atoms with Gasteiger partial charge in [-0.2, -0.15) is 0 Å². The van der Waals surface area contributed by atoms with Gasteiger partial charge in [0.25, 0.3) is 10.0 Å². The molecule has 3 heterocycles. The molecule has 3 aromatic rings. The number of rotatable bonds is 10. The Kier molecular flexibility index (Phi) is 11.6. The van der Waals surface area contributed by atoms with Gasteiger partial charge in [0.2, 0.25) is 15.2 Å². The average molecular weight is 666 g/mol. The Hall–Kier alpha value is -3.52. The molecule has 1 amide bonds. The smallest absolute Gasteiger partial charge is 0.320 e. The second-order valence-electron chi connectivity index (χ2n) is 11.1. The summed E-state index contributed by atoms with van der Waals surface area (Å²) >= 11 is 0.855. The largest absolute Gasteiger partial charge is 0.480 e. The first-order chi connectivity index (χ1) is 21.3. The third-order valence-corrected chi connectivity index (χ3v) is 9.83. The number of benzene rings is 1. The standard InChI is InChI=1S/C27H39N9O7S2/c1-32-9-10-33(2)12-15-35(16-14-34(13-11-32)18-24(38)39)22(25(40)41)7-8-23(37)29-20-5-3-19(4-6-20)21-17-36-26(30-21)44-27(31-36)45(28,42)43/h3-6,17,22H,7-16,18H2,1-2H3,(H,29,37)(H,38,39)(H,40,41)(H2,28,42,43). The van der Waals surface area contributed by atoms with E-state index in [0.717, 1.165) is 30.0 Å². The number of sulfonamides is 1. The average Bonchev–Trinajstić information content (AvgIpc) is 3.55. The lowest BCUT2D eigenvalue weighted by molar-refractivity contribution is -0.144. The second kappa shape index (κ2) is 15.2. The molecule has 16 nitrogen and oxygen atoms in total. The molecule has 1 saturated heterocycles. The van der Waals surface area contributed by atoms with Crippen LogP contribution < -0.4 is 10.5 Å².